The number of hydrogen-bond donors (Lipinski definition) is 2. The molecule has 4 N–H and O–H groups in total. The first-order valence-electron chi connectivity index (χ1n) is 12.0. The van der Waals surface area contributed by atoms with Gasteiger partial charge in [-0.15, -0.1) is 0 Å². The lowest BCUT2D eigenvalue weighted by atomic mass is 9.79. The number of nitrogens with zero attached hydrogens (tertiary/aromatic N) is 4. The fourth-order valence-corrected chi connectivity index (χ4v) is 6.17. The number of fused-ring (bicyclic) bond motifs is 3. The topological polar surface area (TPSA) is 114 Å². The van der Waals surface area contributed by atoms with Crippen molar-refractivity contribution >= 4 is 45.2 Å². The first-order valence-corrected chi connectivity index (χ1v) is 12.4. The maximum absolute atomic E-state index is 14.9. The highest BCUT2D eigenvalue weighted by molar-refractivity contribution is 6.33. The van der Waals surface area contributed by atoms with E-state index in [0.29, 0.717) is 23.1 Å². The average molecular weight is 511 g/mol. The number of pyridine rings is 1. The molecule has 2 aliphatic rings. The van der Waals surface area contributed by atoms with Gasteiger partial charge >= 0.3 is 0 Å². The number of anilines is 2. The fraction of sp³-hybridized carbons (Fsp3) is 0.423. The molecule has 1 aromatic carbocycles. The Bertz CT molecular complexity index is 1520. The van der Waals surface area contributed by atoms with Crippen molar-refractivity contribution in [1.29, 1.82) is 0 Å². The van der Waals surface area contributed by atoms with Crippen LogP contribution in [0, 0.1) is 11.2 Å². The molecule has 6 rings (SSSR count). The van der Waals surface area contributed by atoms with E-state index < -0.39 is 11.5 Å². The van der Waals surface area contributed by atoms with Crippen LogP contribution < -0.4 is 11.5 Å². The Balaban J connectivity index is 1.34. The van der Waals surface area contributed by atoms with Crippen molar-refractivity contribution in [2.75, 3.05) is 11.5 Å². The van der Waals surface area contributed by atoms with Crippen LogP contribution in [0.3, 0.4) is 0 Å². The second-order valence-corrected chi connectivity index (χ2v) is 11.1. The minimum atomic E-state index is -0.780. The Morgan fingerprint density at radius 3 is 2.72 bits per heavy atom. The van der Waals surface area contributed by atoms with Gasteiger partial charge in [0, 0.05) is 11.6 Å². The van der Waals surface area contributed by atoms with Crippen molar-refractivity contribution in [3.8, 4) is 0 Å². The molecule has 188 valence electrons. The lowest BCUT2D eigenvalue weighted by Crippen LogP contribution is -2.44. The van der Waals surface area contributed by atoms with Crippen LogP contribution in [0.2, 0.25) is 5.02 Å². The molecule has 1 saturated heterocycles. The molecule has 1 aliphatic carbocycles. The highest BCUT2D eigenvalue weighted by Crippen LogP contribution is 2.59. The summed E-state index contributed by atoms with van der Waals surface area (Å²) in [5.74, 6) is -0.521. The van der Waals surface area contributed by atoms with E-state index >= 15 is 0 Å². The Morgan fingerprint density at radius 1 is 1.11 bits per heavy atom. The van der Waals surface area contributed by atoms with Gasteiger partial charge in [0.25, 0.3) is 0 Å². The molecule has 0 radical (unpaired) electrons. The number of halogens is 2. The van der Waals surface area contributed by atoms with E-state index in [0.717, 1.165) is 35.9 Å². The summed E-state index contributed by atoms with van der Waals surface area (Å²) < 4.78 is 30.2. The predicted octanol–water partition coefficient (Wildman–Crippen LogP) is 5.17. The molecule has 0 unspecified atom stereocenters. The van der Waals surface area contributed by atoms with E-state index in [1.54, 1.807) is 6.07 Å². The van der Waals surface area contributed by atoms with Crippen LogP contribution in [0.4, 0.5) is 16.0 Å². The molecule has 0 spiro atoms. The molecule has 2 fully saturated rings. The third-order valence-corrected chi connectivity index (χ3v) is 8.05. The van der Waals surface area contributed by atoms with Gasteiger partial charge in [-0.05, 0) is 74.8 Å². The summed E-state index contributed by atoms with van der Waals surface area (Å²) >= 11 is 6.04. The van der Waals surface area contributed by atoms with E-state index in [-0.39, 0.29) is 28.2 Å². The molecule has 36 heavy (non-hydrogen) atoms. The second-order valence-electron chi connectivity index (χ2n) is 10.7. The van der Waals surface area contributed by atoms with E-state index in [4.69, 9.17) is 32.5 Å². The van der Waals surface area contributed by atoms with Crippen LogP contribution in [0.25, 0.3) is 21.9 Å². The van der Waals surface area contributed by atoms with E-state index in [1.807, 2.05) is 32.2 Å². The van der Waals surface area contributed by atoms with Crippen LogP contribution in [-0.2, 0) is 21.6 Å². The third-order valence-electron chi connectivity index (χ3n) is 7.75. The van der Waals surface area contributed by atoms with E-state index in [2.05, 4.69) is 26.4 Å². The van der Waals surface area contributed by atoms with Crippen molar-refractivity contribution < 1.29 is 13.9 Å². The Labute approximate surface area is 212 Å². The van der Waals surface area contributed by atoms with Crippen LogP contribution in [0.15, 0.2) is 36.8 Å². The molecule has 0 bridgehead atoms. The van der Waals surface area contributed by atoms with Crippen molar-refractivity contribution in [2.24, 2.45) is 5.41 Å². The molecule has 4 heterocycles. The van der Waals surface area contributed by atoms with Gasteiger partial charge in [-0.1, -0.05) is 18.5 Å². The van der Waals surface area contributed by atoms with Gasteiger partial charge in [-0.2, -0.15) is 0 Å². The average Bonchev–Trinajstić information content (AvgIpc) is 3.45. The van der Waals surface area contributed by atoms with E-state index in [1.165, 1.54) is 12.4 Å². The molecule has 0 amide bonds. The van der Waals surface area contributed by atoms with Gasteiger partial charge in [0.15, 0.2) is 11.5 Å². The van der Waals surface area contributed by atoms with Crippen LogP contribution in [-0.4, -0.2) is 31.4 Å². The molecule has 3 aromatic heterocycles. The maximum atomic E-state index is 14.9. The predicted molar refractivity (Wildman–Crippen MR) is 137 cm³/mol. The zero-order chi connectivity index (χ0) is 25.5. The largest absolute Gasteiger partial charge is 0.383 e. The summed E-state index contributed by atoms with van der Waals surface area (Å²) in [5.41, 5.74) is 13.1. The van der Waals surface area contributed by atoms with Crippen molar-refractivity contribution in [3.63, 3.8) is 0 Å². The van der Waals surface area contributed by atoms with Crippen molar-refractivity contribution in [1.82, 2.24) is 19.5 Å². The van der Waals surface area contributed by atoms with Gasteiger partial charge in [0.1, 0.15) is 35.5 Å². The normalized spacial score (nSPS) is 27.2. The van der Waals surface area contributed by atoms with Gasteiger partial charge in [0.05, 0.1) is 15.9 Å². The summed E-state index contributed by atoms with van der Waals surface area (Å²) in [4.78, 5) is 12.9. The number of aromatic nitrogens is 4. The Kier molecular flexibility index (Phi) is 5.03. The molecule has 1 saturated carbocycles. The summed E-state index contributed by atoms with van der Waals surface area (Å²) in [6.07, 6.45) is 6.20. The number of rotatable bonds is 4. The Morgan fingerprint density at radius 2 is 1.92 bits per heavy atom. The van der Waals surface area contributed by atoms with Gasteiger partial charge in [0.2, 0.25) is 0 Å². The third kappa shape index (κ3) is 3.44. The molecular weight excluding hydrogens is 483 g/mol. The summed E-state index contributed by atoms with van der Waals surface area (Å²) in [6.45, 7) is 6.08. The zero-order valence-corrected chi connectivity index (χ0v) is 21.1. The maximum Gasteiger partial charge on any atom is 0.176 e. The quantitative estimate of drug-likeness (QED) is 0.389. The highest BCUT2D eigenvalue weighted by Gasteiger charge is 2.65. The highest BCUT2D eigenvalue weighted by atomic mass is 35.5. The summed E-state index contributed by atoms with van der Waals surface area (Å²) in [6, 6.07) is 6.88. The van der Waals surface area contributed by atoms with Crippen molar-refractivity contribution in [2.45, 2.75) is 64.1 Å². The minimum absolute atomic E-state index is 0.190. The smallest absolute Gasteiger partial charge is 0.176 e. The van der Waals surface area contributed by atoms with Crippen LogP contribution in [0.5, 0.6) is 0 Å². The SMILES string of the molecule is CC1(C)O[C@@H]2[C@@](C)(CCc3cc(F)c4cc(Cl)c(N)nc4c3)CC[C@@]2(n2ccc3c(N)ncnc32)O1. The van der Waals surface area contributed by atoms with Gasteiger partial charge < -0.3 is 25.5 Å². The fourth-order valence-electron chi connectivity index (χ4n) is 6.02. The lowest BCUT2D eigenvalue weighted by Gasteiger charge is -2.35. The number of hydrogen-bond acceptors (Lipinski definition) is 7. The molecule has 1 aliphatic heterocycles. The first-order chi connectivity index (χ1) is 17.0. The van der Waals surface area contributed by atoms with E-state index in [9.17, 15) is 4.39 Å². The monoisotopic (exact) mass is 510 g/mol. The molecule has 8 nitrogen and oxygen atoms in total. The van der Waals surface area contributed by atoms with Gasteiger partial charge in [-0.3, -0.25) is 0 Å². The molecule has 4 aromatic rings. The van der Waals surface area contributed by atoms with Gasteiger partial charge in [-0.25, -0.2) is 19.3 Å². The second kappa shape index (κ2) is 7.74. The standard InChI is InChI=1S/C26H28ClFN6O2/c1-24(2)35-23-25(3,6-4-14-10-18(28)16-12-17(27)21(30)33-19(16)11-14)7-8-26(23,36-24)34-9-5-15-20(29)31-13-32-22(15)34/h5,9-13,23H,4,6-8H2,1-3H3,(H2,30,33)(H2,29,31,32)/t23-,25+,26-/m1/s1. The molecule has 3 atom stereocenters. The number of nitrogen functional groups attached to an aromatic ring is 2. The number of benzene rings is 1. The zero-order valence-electron chi connectivity index (χ0n) is 20.4. The first kappa shape index (κ1) is 23.4. The van der Waals surface area contributed by atoms with Crippen LogP contribution >= 0.6 is 11.6 Å². The van der Waals surface area contributed by atoms with Crippen molar-refractivity contribution in [3.05, 3.63) is 53.2 Å². The minimum Gasteiger partial charge on any atom is -0.383 e. The lowest BCUT2D eigenvalue weighted by molar-refractivity contribution is -0.189. The molecule has 10 heteroatoms. The summed E-state index contributed by atoms with van der Waals surface area (Å²) in [5, 5.41) is 1.39. The number of ether oxygens (including phenoxy) is 2. The van der Waals surface area contributed by atoms with Crippen LogP contribution in [0.1, 0.15) is 45.6 Å². The number of aryl methyl sites for hydroxylation is 1. The Hall–Kier alpha value is -3.01. The molecular formula is C26H28ClFN6O2. The summed E-state index contributed by atoms with van der Waals surface area (Å²) in [7, 11) is 0. The number of nitrogens with two attached hydrogens (primary N) is 2.